The summed E-state index contributed by atoms with van der Waals surface area (Å²) in [5, 5.41) is 3.81. The van der Waals surface area contributed by atoms with E-state index in [2.05, 4.69) is 10.1 Å². The molecule has 8 heteroatoms. The van der Waals surface area contributed by atoms with E-state index in [0.29, 0.717) is 5.69 Å². The number of nitrogens with zero attached hydrogens (tertiary/aromatic N) is 3. The van der Waals surface area contributed by atoms with Crippen LogP contribution in [0.5, 0.6) is 0 Å². The summed E-state index contributed by atoms with van der Waals surface area (Å²) in [4.78, 5) is 4.05. The summed E-state index contributed by atoms with van der Waals surface area (Å²) in [6, 6.07) is 8.13. The standard InChI is InChI=1S/C14H13N3O4S/c1-2-17(14-15-8-10-20-14)22(18,19)12-5-3-11(4-6-12)13-7-9-21-16-13/h3-10H,2H2,1H3. The van der Waals surface area contributed by atoms with E-state index in [1.165, 1.54) is 30.9 Å². The molecule has 7 nitrogen and oxygen atoms in total. The lowest BCUT2D eigenvalue weighted by molar-refractivity contribution is 0.422. The third-order valence-electron chi connectivity index (χ3n) is 3.10. The van der Waals surface area contributed by atoms with Gasteiger partial charge < -0.3 is 8.94 Å². The Bertz CT molecular complexity index is 825. The fraction of sp³-hybridized carbons (Fsp3) is 0.143. The van der Waals surface area contributed by atoms with E-state index in [0.717, 1.165) is 9.87 Å². The molecular weight excluding hydrogens is 306 g/mol. The highest BCUT2D eigenvalue weighted by Crippen LogP contribution is 2.24. The molecule has 114 valence electrons. The van der Waals surface area contributed by atoms with Crippen LogP contribution in [0, 0.1) is 0 Å². The second-order valence-electron chi connectivity index (χ2n) is 4.39. The molecule has 0 bridgehead atoms. The van der Waals surface area contributed by atoms with Crippen molar-refractivity contribution in [3.63, 3.8) is 0 Å². The zero-order valence-electron chi connectivity index (χ0n) is 11.7. The van der Waals surface area contributed by atoms with Gasteiger partial charge >= 0.3 is 6.01 Å². The van der Waals surface area contributed by atoms with Gasteiger partial charge in [-0.25, -0.2) is 17.7 Å². The van der Waals surface area contributed by atoms with E-state index in [1.54, 1.807) is 25.1 Å². The highest BCUT2D eigenvalue weighted by atomic mass is 32.2. The topological polar surface area (TPSA) is 89.4 Å². The zero-order valence-corrected chi connectivity index (χ0v) is 12.5. The predicted octanol–water partition coefficient (Wildman–Crippen LogP) is 2.54. The summed E-state index contributed by atoms with van der Waals surface area (Å²) in [6.07, 6.45) is 4.20. The van der Waals surface area contributed by atoms with Crippen molar-refractivity contribution in [2.24, 2.45) is 0 Å². The van der Waals surface area contributed by atoms with Crippen LogP contribution in [0.4, 0.5) is 6.01 Å². The molecule has 0 N–H and O–H groups in total. The fourth-order valence-corrected chi connectivity index (χ4v) is 3.40. The molecule has 0 atom stereocenters. The minimum absolute atomic E-state index is 0.0445. The maximum atomic E-state index is 12.7. The lowest BCUT2D eigenvalue weighted by Crippen LogP contribution is -2.31. The molecule has 2 heterocycles. The molecule has 1 aromatic carbocycles. The maximum Gasteiger partial charge on any atom is 0.311 e. The highest BCUT2D eigenvalue weighted by Gasteiger charge is 2.26. The van der Waals surface area contributed by atoms with Gasteiger partial charge in [0.25, 0.3) is 10.0 Å². The molecule has 0 amide bonds. The summed E-state index contributed by atoms with van der Waals surface area (Å²) in [6.45, 7) is 1.93. The van der Waals surface area contributed by atoms with Crippen LogP contribution in [0.2, 0.25) is 0 Å². The largest absolute Gasteiger partial charge is 0.431 e. The average molecular weight is 319 g/mol. The van der Waals surface area contributed by atoms with Gasteiger partial charge in [0.15, 0.2) is 0 Å². The van der Waals surface area contributed by atoms with Gasteiger partial charge in [-0.3, -0.25) is 0 Å². The van der Waals surface area contributed by atoms with Crippen LogP contribution < -0.4 is 4.31 Å². The molecule has 0 radical (unpaired) electrons. The van der Waals surface area contributed by atoms with Crippen molar-refractivity contribution in [2.45, 2.75) is 11.8 Å². The Labute approximate surface area is 127 Å². The Hall–Kier alpha value is -2.61. The molecule has 0 aliphatic carbocycles. The first-order valence-corrected chi connectivity index (χ1v) is 8.00. The SMILES string of the molecule is CCN(c1ncco1)S(=O)(=O)c1ccc(-c2ccon2)cc1. The van der Waals surface area contributed by atoms with Gasteiger partial charge in [0.1, 0.15) is 18.2 Å². The molecule has 0 fully saturated rings. The van der Waals surface area contributed by atoms with Crippen LogP contribution in [0.3, 0.4) is 0 Å². The van der Waals surface area contributed by atoms with Crippen molar-refractivity contribution in [2.75, 3.05) is 10.8 Å². The number of benzene rings is 1. The molecular formula is C14H13N3O4S. The quantitative estimate of drug-likeness (QED) is 0.718. The molecule has 0 saturated carbocycles. The van der Waals surface area contributed by atoms with Crippen molar-refractivity contribution in [3.8, 4) is 11.3 Å². The van der Waals surface area contributed by atoms with E-state index in [9.17, 15) is 8.42 Å². The second kappa shape index (κ2) is 5.64. The first kappa shape index (κ1) is 14.3. The van der Waals surface area contributed by atoms with Crippen molar-refractivity contribution < 1.29 is 17.4 Å². The lowest BCUT2D eigenvalue weighted by Gasteiger charge is -2.18. The summed E-state index contributed by atoms with van der Waals surface area (Å²) < 4.78 is 36.3. The molecule has 3 rings (SSSR count). The molecule has 0 aliphatic heterocycles. The second-order valence-corrected chi connectivity index (χ2v) is 6.26. The number of sulfonamides is 1. The summed E-state index contributed by atoms with van der Waals surface area (Å²) in [5.74, 6) is 0. The molecule has 2 aromatic heterocycles. The van der Waals surface area contributed by atoms with Crippen LogP contribution in [-0.4, -0.2) is 25.1 Å². The normalized spacial score (nSPS) is 11.5. The predicted molar refractivity (Wildman–Crippen MR) is 78.6 cm³/mol. The molecule has 0 unspecified atom stereocenters. The van der Waals surface area contributed by atoms with Crippen LogP contribution in [-0.2, 0) is 10.0 Å². The van der Waals surface area contributed by atoms with Crippen LogP contribution in [0.15, 0.2) is 62.9 Å². The van der Waals surface area contributed by atoms with E-state index < -0.39 is 10.0 Å². The molecule has 0 aliphatic rings. The number of aromatic nitrogens is 2. The van der Waals surface area contributed by atoms with Gasteiger partial charge in [-0.1, -0.05) is 17.3 Å². The van der Waals surface area contributed by atoms with Gasteiger partial charge in [0.05, 0.1) is 11.1 Å². The first-order chi connectivity index (χ1) is 10.6. The summed E-state index contributed by atoms with van der Waals surface area (Å²) in [7, 11) is -3.73. The fourth-order valence-electron chi connectivity index (χ4n) is 2.03. The van der Waals surface area contributed by atoms with E-state index in [4.69, 9.17) is 8.94 Å². The minimum Gasteiger partial charge on any atom is -0.431 e. The van der Waals surface area contributed by atoms with Gasteiger partial charge in [-0.05, 0) is 19.1 Å². The van der Waals surface area contributed by atoms with E-state index >= 15 is 0 Å². The molecule has 0 spiro atoms. The smallest absolute Gasteiger partial charge is 0.311 e. The number of hydrogen-bond donors (Lipinski definition) is 0. The molecule has 3 aromatic rings. The Morgan fingerprint density at radius 1 is 1.14 bits per heavy atom. The first-order valence-electron chi connectivity index (χ1n) is 6.56. The average Bonchev–Trinajstić information content (AvgIpc) is 3.21. The Kier molecular flexibility index (Phi) is 3.68. The number of hydrogen-bond acceptors (Lipinski definition) is 6. The Balaban J connectivity index is 1.95. The Morgan fingerprint density at radius 3 is 2.45 bits per heavy atom. The van der Waals surface area contributed by atoms with Crippen molar-refractivity contribution in [1.29, 1.82) is 0 Å². The van der Waals surface area contributed by atoms with E-state index in [-0.39, 0.29) is 17.5 Å². The lowest BCUT2D eigenvalue weighted by atomic mass is 10.2. The Morgan fingerprint density at radius 2 is 1.91 bits per heavy atom. The third kappa shape index (κ3) is 2.48. The number of rotatable bonds is 5. The van der Waals surface area contributed by atoms with Crippen LogP contribution >= 0.6 is 0 Å². The van der Waals surface area contributed by atoms with Crippen molar-refractivity contribution >= 4 is 16.0 Å². The van der Waals surface area contributed by atoms with Crippen LogP contribution in [0.25, 0.3) is 11.3 Å². The van der Waals surface area contributed by atoms with Gasteiger partial charge in [-0.2, -0.15) is 0 Å². The molecule has 0 saturated heterocycles. The van der Waals surface area contributed by atoms with Crippen molar-refractivity contribution in [1.82, 2.24) is 10.1 Å². The van der Waals surface area contributed by atoms with Gasteiger partial charge in [-0.15, -0.1) is 0 Å². The maximum absolute atomic E-state index is 12.7. The van der Waals surface area contributed by atoms with E-state index in [1.807, 2.05) is 0 Å². The van der Waals surface area contributed by atoms with Gasteiger partial charge in [0.2, 0.25) is 0 Å². The molecule has 22 heavy (non-hydrogen) atoms. The summed E-state index contributed by atoms with van der Waals surface area (Å²) in [5.41, 5.74) is 1.41. The number of anilines is 1. The van der Waals surface area contributed by atoms with Gasteiger partial charge in [0, 0.05) is 18.2 Å². The highest BCUT2D eigenvalue weighted by molar-refractivity contribution is 7.92. The van der Waals surface area contributed by atoms with Crippen LogP contribution in [0.1, 0.15) is 6.92 Å². The third-order valence-corrected chi connectivity index (χ3v) is 4.96. The number of oxazole rings is 1. The zero-order chi connectivity index (χ0) is 15.6. The monoisotopic (exact) mass is 319 g/mol. The minimum atomic E-state index is -3.73. The van der Waals surface area contributed by atoms with Crippen molar-refractivity contribution in [3.05, 3.63) is 49.1 Å². The summed E-state index contributed by atoms with van der Waals surface area (Å²) >= 11 is 0.